The highest BCUT2D eigenvalue weighted by molar-refractivity contribution is 5.71. The molecule has 0 rings (SSSR count). The van der Waals surface area contributed by atoms with Crippen LogP contribution in [0.25, 0.3) is 0 Å². The number of carbonyl (C=O) groups is 3. The monoisotopic (exact) mass is 893 g/mol. The van der Waals surface area contributed by atoms with Crippen molar-refractivity contribution in [3.8, 4) is 0 Å². The minimum atomic E-state index is -0.794. The Bertz CT molecular complexity index is 1210. The molecule has 368 valence electrons. The Hall–Kier alpha value is -3.15. The van der Waals surface area contributed by atoms with Gasteiger partial charge < -0.3 is 14.2 Å². The number of allylic oxidation sites excluding steroid dienone is 12. The molecule has 6 nitrogen and oxygen atoms in total. The fraction of sp³-hybridized carbons (Fsp3) is 0.741. The van der Waals surface area contributed by atoms with Crippen LogP contribution < -0.4 is 0 Å². The highest BCUT2D eigenvalue weighted by Crippen LogP contribution is 2.15. The molecule has 0 aromatic carbocycles. The van der Waals surface area contributed by atoms with E-state index in [2.05, 4.69) is 93.7 Å². The van der Waals surface area contributed by atoms with Gasteiger partial charge in [-0.15, -0.1) is 0 Å². The molecule has 0 amide bonds. The van der Waals surface area contributed by atoms with Gasteiger partial charge in [-0.3, -0.25) is 14.4 Å². The third-order valence-corrected chi connectivity index (χ3v) is 11.5. The molecule has 0 aliphatic heterocycles. The number of esters is 3. The summed E-state index contributed by atoms with van der Waals surface area (Å²) < 4.78 is 16.8. The van der Waals surface area contributed by atoms with Crippen LogP contribution in [0.1, 0.15) is 258 Å². The minimum Gasteiger partial charge on any atom is -0.462 e. The summed E-state index contributed by atoms with van der Waals surface area (Å²) in [5, 5.41) is 0. The van der Waals surface area contributed by atoms with Crippen molar-refractivity contribution in [2.24, 2.45) is 0 Å². The molecule has 0 N–H and O–H groups in total. The Kier molecular flexibility index (Phi) is 49.9. The van der Waals surface area contributed by atoms with Crippen molar-refractivity contribution in [3.63, 3.8) is 0 Å². The zero-order chi connectivity index (χ0) is 46.5. The van der Waals surface area contributed by atoms with Crippen LogP contribution in [0, 0.1) is 0 Å². The third-order valence-electron chi connectivity index (χ3n) is 11.5. The molecule has 1 unspecified atom stereocenters. The third kappa shape index (κ3) is 49.9. The lowest BCUT2D eigenvalue weighted by Gasteiger charge is -2.18. The predicted molar refractivity (Wildman–Crippen MR) is 274 cm³/mol. The molecular weight excluding hydrogens is 793 g/mol. The molecule has 0 aromatic heterocycles. The SMILES string of the molecule is CC/C=C\C/C=C\C/C=C\CCCCCCC(=O)OC(COC(=O)CCCCCCC\C=C/C=C\C=C/CCCCCCC)COC(=O)CCCCCCCCCCCCCCCC. The molecule has 0 aliphatic rings. The van der Waals surface area contributed by atoms with Crippen molar-refractivity contribution in [2.45, 2.75) is 264 Å². The molecule has 0 saturated heterocycles. The van der Waals surface area contributed by atoms with Gasteiger partial charge in [0, 0.05) is 19.3 Å². The van der Waals surface area contributed by atoms with Gasteiger partial charge in [0.2, 0.25) is 0 Å². The van der Waals surface area contributed by atoms with Crippen LogP contribution in [0.4, 0.5) is 0 Å². The highest BCUT2D eigenvalue weighted by atomic mass is 16.6. The average Bonchev–Trinajstić information content (AvgIpc) is 3.29. The molecular formula is C58H100O6. The Labute approximate surface area is 395 Å². The molecule has 0 aromatic rings. The predicted octanol–water partition coefficient (Wildman–Crippen LogP) is 17.8. The molecule has 0 spiro atoms. The first-order valence-corrected chi connectivity index (χ1v) is 27.0. The van der Waals surface area contributed by atoms with Crippen LogP contribution in [0.5, 0.6) is 0 Å². The minimum absolute atomic E-state index is 0.0897. The number of unbranched alkanes of at least 4 members (excludes halogenated alkanes) is 27. The van der Waals surface area contributed by atoms with E-state index in [0.717, 1.165) is 109 Å². The molecule has 6 heteroatoms. The summed E-state index contributed by atoms with van der Waals surface area (Å²) >= 11 is 0. The van der Waals surface area contributed by atoms with E-state index in [1.165, 1.54) is 109 Å². The van der Waals surface area contributed by atoms with E-state index in [1.807, 2.05) is 0 Å². The summed E-state index contributed by atoms with van der Waals surface area (Å²) in [6, 6.07) is 0. The van der Waals surface area contributed by atoms with Gasteiger partial charge in [0.1, 0.15) is 13.2 Å². The lowest BCUT2D eigenvalue weighted by atomic mass is 10.0. The second-order valence-electron chi connectivity index (χ2n) is 17.8. The van der Waals surface area contributed by atoms with Gasteiger partial charge >= 0.3 is 17.9 Å². The van der Waals surface area contributed by atoms with Crippen LogP contribution >= 0.6 is 0 Å². The van der Waals surface area contributed by atoms with Gasteiger partial charge in [-0.25, -0.2) is 0 Å². The van der Waals surface area contributed by atoms with E-state index in [9.17, 15) is 14.4 Å². The van der Waals surface area contributed by atoms with Crippen molar-refractivity contribution in [1.82, 2.24) is 0 Å². The van der Waals surface area contributed by atoms with Crippen LogP contribution in [0.3, 0.4) is 0 Å². The van der Waals surface area contributed by atoms with Crippen molar-refractivity contribution in [1.29, 1.82) is 0 Å². The number of ether oxygens (including phenoxy) is 3. The first-order chi connectivity index (χ1) is 31.5. The molecule has 0 bridgehead atoms. The van der Waals surface area contributed by atoms with Gasteiger partial charge in [-0.1, -0.05) is 235 Å². The first kappa shape index (κ1) is 60.9. The largest absolute Gasteiger partial charge is 0.462 e. The van der Waals surface area contributed by atoms with E-state index < -0.39 is 6.10 Å². The van der Waals surface area contributed by atoms with Crippen molar-refractivity contribution < 1.29 is 28.6 Å². The zero-order valence-corrected chi connectivity index (χ0v) is 42.0. The fourth-order valence-electron chi connectivity index (χ4n) is 7.46. The number of rotatable bonds is 48. The zero-order valence-electron chi connectivity index (χ0n) is 42.0. The summed E-state index contributed by atoms with van der Waals surface area (Å²) in [5.41, 5.74) is 0. The van der Waals surface area contributed by atoms with Crippen LogP contribution in [-0.4, -0.2) is 37.2 Å². The summed E-state index contributed by atoms with van der Waals surface area (Å²) in [4.78, 5) is 38.0. The summed E-state index contributed by atoms with van der Waals surface area (Å²) in [6.07, 6.45) is 66.0. The van der Waals surface area contributed by atoms with E-state index >= 15 is 0 Å². The molecule has 0 radical (unpaired) electrons. The Morgan fingerprint density at radius 3 is 1.08 bits per heavy atom. The number of carbonyl (C=O) groups excluding carboxylic acids is 3. The fourth-order valence-corrected chi connectivity index (χ4v) is 7.46. The van der Waals surface area contributed by atoms with Crippen LogP contribution in [0.2, 0.25) is 0 Å². The molecule has 64 heavy (non-hydrogen) atoms. The summed E-state index contributed by atoms with van der Waals surface area (Å²) in [5.74, 6) is -0.927. The number of hydrogen-bond donors (Lipinski definition) is 0. The Morgan fingerprint density at radius 1 is 0.344 bits per heavy atom. The van der Waals surface area contributed by atoms with Crippen molar-refractivity contribution in [3.05, 3.63) is 72.9 Å². The summed E-state index contributed by atoms with van der Waals surface area (Å²) in [6.45, 7) is 6.48. The van der Waals surface area contributed by atoms with Crippen LogP contribution in [0.15, 0.2) is 72.9 Å². The molecule has 0 heterocycles. The maximum Gasteiger partial charge on any atom is 0.306 e. The van der Waals surface area contributed by atoms with Gasteiger partial charge in [0.15, 0.2) is 6.10 Å². The van der Waals surface area contributed by atoms with Gasteiger partial charge in [-0.2, -0.15) is 0 Å². The standard InChI is InChI=1S/C58H100O6/c1-4-7-10-13-16-19-22-25-28-29-30-31-34-36-39-42-45-48-51-57(60)63-54-55(64-58(61)52-49-46-43-40-37-33-27-24-21-18-15-12-9-6-3)53-62-56(59)50-47-44-41-38-35-32-26-23-20-17-14-11-8-5-2/h9,12,18,21-22,25,27-31,33,55H,4-8,10-11,13-17,19-20,23-24,26,32,34-54H2,1-3H3/b12-9-,21-18-,25-22-,29-28-,31-30-,33-27-. The average molecular weight is 893 g/mol. The van der Waals surface area contributed by atoms with Gasteiger partial charge in [0.25, 0.3) is 0 Å². The normalized spacial score (nSPS) is 12.6. The topological polar surface area (TPSA) is 78.9 Å². The summed E-state index contributed by atoms with van der Waals surface area (Å²) in [7, 11) is 0. The second kappa shape index (κ2) is 52.5. The lowest BCUT2D eigenvalue weighted by Crippen LogP contribution is -2.30. The quantitative estimate of drug-likeness (QED) is 0.0199. The van der Waals surface area contributed by atoms with Crippen LogP contribution in [-0.2, 0) is 28.6 Å². The lowest BCUT2D eigenvalue weighted by molar-refractivity contribution is -0.167. The number of hydrogen-bond acceptors (Lipinski definition) is 6. The smallest absolute Gasteiger partial charge is 0.306 e. The van der Waals surface area contributed by atoms with Crippen molar-refractivity contribution in [2.75, 3.05) is 13.2 Å². The first-order valence-electron chi connectivity index (χ1n) is 27.0. The van der Waals surface area contributed by atoms with Gasteiger partial charge in [0.05, 0.1) is 0 Å². The molecule has 0 aliphatic carbocycles. The Morgan fingerprint density at radius 2 is 0.672 bits per heavy atom. The second-order valence-corrected chi connectivity index (χ2v) is 17.8. The van der Waals surface area contributed by atoms with E-state index in [1.54, 1.807) is 0 Å². The Balaban J connectivity index is 4.44. The molecule has 1 atom stereocenters. The van der Waals surface area contributed by atoms with E-state index in [4.69, 9.17) is 14.2 Å². The van der Waals surface area contributed by atoms with Crippen molar-refractivity contribution >= 4 is 17.9 Å². The van der Waals surface area contributed by atoms with Gasteiger partial charge in [-0.05, 0) is 77.0 Å². The van der Waals surface area contributed by atoms with E-state index in [0.29, 0.717) is 19.3 Å². The molecule has 0 saturated carbocycles. The van der Waals surface area contributed by atoms with E-state index in [-0.39, 0.29) is 31.1 Å². The highest BCUT2D eigenvalue weighted by Gasteiger charge is 2.19. The maximum atomic E-state index is 12.8. The molecule has 0 fully saturated rings. The maximum absolute atomic E-state index is 12.8.